The predicted molar refractivity (Wildman–Crippen MR) is 550 cm³/mol. The zero-order chi connectivity index (χ0) is 104. The number of nitro groups is 1. The molecule has 0 bridgehead atoms. The molecule has 0 radical (unpaired) electrons. The Bertz CT molecular complexity index is 6600. The number of hydrogen-bond acceptors (Lipinski definition) is 26. The van der Waals surface area contributed by atoms with Gasteiger partial charge in [-0.1, -0.05) is 195 Å². The van der Waals surface area contributed by atoms with Crippen LogP contribution in [-0.4, -0.2) is 149 Å². The van der Waals surface area contributed by atoms with Crippen LogP contribution in [0.1, 0.15) is 154 Å². The van der Waals surface area contributed by atoms with Crippen LogP contribution in [0.4, 0.5) is 24.9 Å². The number of nitro benzene ring substituents is 1. The summed E-state index contributed by atoms with van der Waals surface area (Å²) in [5.74, 6) is 2.46. The number of carbonyl (C=O) groups excluding carboxylic acids is 4. The summed E-state index contributed by atoms with van der Waals surface area (Å²) in [4.78, 5) is 151. The smallest absolute Gasteiger partial charge is 0.441 e. The topological polar surface area (TPSA) is 489 Å². The Morgan fingerprint density at radius 3 is 0.881 bits per heavy atom. The molecule has 8 heterocycles. The van der Waals surface area contributed by atoms with E-state index in [1.807, 2.05) is 159 Å². The van der Waals surface area contributed by atoms with Gasteiger partial charge in [0, 0.05) is 135 Å². The van der Waals surface area contributed by atoms with Crippen molar-refractivity contribution in [3.8, 4) is 5.75 Å². The minimum atomic E-state index is -4.40. The summed E-state index contributed by atoms with van der Waals surface area (Å²) in [6.07, 6.45) is 8.73. The highest BCUT2D eigenvalue weighted by Gasteiger charge is 2.30. The third-order valence-corrected chi connectivity index (χ3v) is 27.8. The highest BCUT2D eigenvalue weighted by Crippen LogP contribution is 2.45. The summed E-state index contributed by atoms with van der Waals surface area (Å²) in [6, 6.07) is 41.4. The number of imidazole rings is 4. The molecule has 0 unspecified atom stereocenters. The Hall–Kier alpha value is -9.81. The van der Waals surface area contributed by atoms with Crippen LogP contribution in [0, 0.1) is 10.1 Å². The van der Waals surface area contributed by atoms with Crippen molar-refractivity contribution >= 4 is 193 Å². The predicted octanol–water partition coefficient (Wildman–Crippen LogP) is 23.8. The van der Waals surface area contributed by atoms with Gasteiger partial charge in [-0.3, -0.25) is 43.7 Å². The van der Waals surface area contributed by atoms with Crippen LogP contribution in [-0.2, 0) is 85.2 Å². The minimum absolute atomic E-state index is 0.0538. The molecule has 9 N–H and O–H groups in total. The fourth-order valence-electron chi connectivity index (χ4n) is 12.9. The first-order valence-electron chi connectivity index (χ1n) is 43.2. The molecule has 143 heavy (non-hydrogen) atoms. The van der Waals surface area contributed by atoms with Gasteiger partial charge in [-0.2, -0.15) is 0 Å². The molecule has 0 fully saturated rings. The van der Waals surface area contributed by atoms with Gasteiger partial charge < -0.3 is 87.3 Å². The van der Waals surface area contributed by atoms with Crippen LogP contribution in [0.2, 0.25) is 40.2 Å². The van der Waals surface area contributed by atoms with Gasteiger partial charge in [-0.15, -0.1) is 0 Å². The normalized spacial score (nSPS) is 11.5. The number of pyridine rings is 4. The highest BCUT2D eigenvalue weighted by molar-refractivity contribution is 8.00. The minimum Gasteiger partial charge on any atom is -0.441 e. The molecular formula is C92H97Cl8N16O20P3S4. The molecular weight excluding hydrogens is 2150 g/mol. The van der Waals surface area contributed by atoms with Crippen LogP contribution < -0.4 is 20.7 Å². The van der Waals surface area contributed by atoms with E-state index in [0.29, 0.717) is 89.7 Å². The molecule has 760 valence electrons. The quantitative estimate of drug-likeness (QED) is 0.00328. The maximum atomic E-state index is 12.4. The first-order valence-corrected chi connectivity index (χ1v) is 54.9. The van der Waals surface area contributed by atoms with Gasteiger partial charge in [0.2, 0.25) is 0 Å². The van der Waals surface area contributed by atoms with Gasteiger partial charge >= 0.3 is 47.2 Å². The molecule has 36 nitrogen and oxygen atoms in total. The average Bonchev–Trinajstić information content (AvgIpc) is 1.66. The molecule has 13 rings (SSSR count). The number of alkyl carbamates (subject to hydrolysis) is 3. The number of nitrogens with one attached hydrogen (secondary N) is 3. The number of rotatable bonds is 39. The van der Waals surface area contributed by atoms with Crippen molar-refractivity contribution in [1.82, 2.24) is 74.1 Å². The number of carbonyl (C=O) groups is 4. The van der Waals surface area contributed by atoms with Crippen molar-refractivity contribution in [3.63, 3.8) is 0 Å². The maximum absolute atomic E-state index is 12.4. The summed E-state index contributed by atoms with van der Waals surface area (Å²) >= 11 is 55.6. The Kier molecular flexibility index (Phi) is 44.4. The molecule has 0 atom stereocenters. The molecule has 51 heteroatoms. The number of aromatic nitrogens is 12. The van der Waals surface area contributed by atoms with Crippen molar-refractivity contribution in [2.24, 2.45) is 0 Å². The van der Waals surface area contributed by atoms with Gasteiger partial charge in [0.15, 0.2) is 26.4 Å². The number of amides is 3. The van der Waals surface area contributed by atoms with Crippen molar-refractivity contribution in [3.05, 3.63) is 314 Å². The Balaban J connectivity index is 0.000000196. The van der Waals surface area contributed by atoms with Crippen LogP contribution in [0.5, 0.6) is 5.75 Å². The summed E-state index contributed by atoms with van der Waals surface area (Å²) in [5.41, 5.74) is 7.07. The van der Waals surface area contributed by atoms with E-state index in [4.69, 9.17) is 166 Å². The van der Waals surface area contributed by atoms with Crippen LogP contribution in [0.15, 0.2) is 235 Å². The van der Waals surface area contributed by atoms with E-state index in [-0.39, 0.29) is 87.2 Å². The Morgan fingerprint density at radius 1 is 0.371 bits per heavy atom. The molecule has 5 aromatic carbocycles. The molecule has 0 spiro atoms. The van der Waals surface area contributed by atoms with Crippen LogP contribution in [0.25, 0.3) is 0 Å². The largest absolute Gasteiger partial charge is 0.514 e. The molecule has 0 aliphatic rings. The lowest BCUT2D eigenvalue weighted by molar-refractivity contribution is -0.384. The molecule has 0 aliphatic carbocycles. The molecule has 0 saturated carbocycles. The first kappa shape index (κ1) is 115. The summed E-state index contributed by atoms with van der Waals surface area (Å²) in [7, 11) is -12.7. The molecule has 3 amide bonds. The second-order valence-corrected chi connectivity index (χ2v) is 45.1. The van der Waals surface area contributed by atoms with Crippen LogP contribution in [0.3, 0.4) is 0 Å². The van der Waals surface area contributed by atoms with Crippen molar-refractivity contribution in [2.75, 3.05) is 31.7 Å². The average molecular weight is 2250 g/mol. The molecule has 0 aliphatic heterocycles. The fraction of sp³-hybridized carbons (Fsp3) is 0.283. The SMILES string of the molecule is CC(C)c1nc(COC(=O)NCCCP(=O)(O)O)n(Cc2ccncc2)c1Sc1cc(Cl)cc(Cl)c1.CC(C)c1nc(COC(=O)NCCP(=O)(O)O)n(Cc2ccncc2)c1Sc1cc(Cl)cc(Cl)c1.CC(C)c1nc(COC(=O)NCP(=O)(O)O)n(Cc2ccncc2)c1Sc1cc(Cl)cc(Cl)c1.CC(C)c1nc(COC(=O)Oc2ccc([N+](=O)[O-])cc2)n(Cc2ccncc2)c1Sc1cc(Cl)cc(Cl)c1. The number of hydrogen-bond donors (Lipinski definition) is 9. The Labute approximate surface area is 879 Å². The van der Waals surface area contributed by atoms with E-state index in [9.17, 15) is 43.0 Å². The summed E-state index contributed by atoms with van der Waals surface area (Å²) in [6.45, 7) is 17.3. The fourth-order valence-corrected chi connectivity index (χ4v) is 21.9. The lowest BCUT2D eigenvalue weighted by atomic mass is 10.1. The van der Waals surface area contributed by atoms with E-state index in [1.54, 1.807) is 86.0 Å². The van der Waals surface area contributed by atoms with E-state index in [0.717, 1.165) is 84.7 Å². The van der Waals surface area contributed by atoms with E-state index in [1.165, 1.54) is 71.3 Å². The summed E-state index contributed by atoms with van der Waals surface area (Å²) < 4.78 is 67.2. The van der Waals surface area contributed by atoms with Crippen molar-refractivity contribution in [2.45, 2.75) is 178 Å². The van der Waals surface area contributed by atoms with Gasteiger partial charge in [0.25, 0.3) is 5.69 Å². The second-order valence-electron chi connectivity index (χ2n) is 32.2. The number of halogens is 8. The third kappa shape index (κ3) is 38.5. The number of nitrogens with zero attached hydrogens (tertiary/aromatic N) is 13. The summed E-state index contributed by atoms with van der Waals surface area (Å²) in [5, 5.41) is 25.3. The lowest BCUT2D eigenvalue weighted by Gasteiger charge is -2.14. The zero-order valence-electron chi connectivity index (χ0n) is 77.4. The van der Waals surface area contributed by atoms with Crippen molar-refractivity contribution in [1.29, 1.82) is 0 Å². The number of non-ortho nitro benzene ring substituents is 1. The maximum Gasteiger partial charge on any atom is 0.514 e. The monoisotopic (exact) mass is 2250 g/mol. The van der Waals surface area contributed by atoms with E-state index < -0.39 is 64.6 Å². The van der Waals surface area contributed by atoms with Crippen LogP contribution >= 0.6 is 163 Å². The van der Waals surface area contributed by atoms with Gasteiger partial charge in [-0.05, 0) is 186 Å². The Morgan fingerprint density at radius 2 is 0.629 bits per heavy atom. The highest BCUT2D eigenvalue weighted by atomic mass is 35.5. The molecule has 13 aromatic rings. The first-order chi connectivity index (χ1) is 67.7. The lowest BCUT2D eigenvalue weighted by Crippen LogP contribution is -2.27. The third-order valence-electron chi connectivity index (χ3n) is 19.4. The van der Waals surface area contributed by atoms with E-state index >= 15 is 0 Å². The zero-order valence-corrected chi connectivity index (χ0v) is 89.4. The second kappa shape index (κ2) is 55.1. The molecule has 0 saturated heterocycles. The standard InChI is InChI=1S/C26H22Cl2N4O5S.C23H27Cl2N4O5PS.C22H25Cl2N4O5PS.C21H23Cl2N4O5PS/c1-16(2)24-25(38-22-12-18(27)11-19(28)13-22)31(14-17-7-9-29-10-8-17)23(30-24)15-36-26(33)37-21-5-3-20(4-6-21)32(34)35;1-15(2)21-22(36-19-11-17(24)10-18(25)12-19)29(13-16-4-7-26-8-5-16)20(28-21)14-34-23(30)27-6-3-9-35(31,32)33;1-14(2)20-21(35-18-10-16(23)9-17(24)11-18)28(12-15-3-5-25-6-4-15)19(27-20)13-33-22(29)26-7-8-34(30,31)32;1-13(2)19-20(34-17-8-15(22)7-16(23)9-17)27(10-14-3-5-24-6-4-14)18(26-19)11-32-21(28)25-12-33(29,30)31/h3-13,16H,14-15H2,1-2H3;4-5,7-8,10-12,15H,3,6,9,13-14H2,1-2H3,(H,27,30)(H2,31,32,33);3-6,9-11,14H,7-8,12-13H2,1-2H3,(H,26,29)(H2,30,31,32);3-9,13H,10-12H2,1-2H3,(H,25,28)(H2,29,30,31). The number of ether oxygens (including phenoxy) is 5. The van der Waals surface area contributed by atoms with Gasteiger partial charge in [0.05, 0.1) is 66.2 Å². The molecule has 8 aromatic heterocycles. The van der Waals surface area contributed by atoms with E-state index in [2.05, 4.69) is 35.9 Å². The van der Waals surface area contributed by atoms with Gasteiger partial charge in [0.1, 0.15) is 55.4 Å². The number of benzene rings is 5. The van der Waals surface area contributed by atoms with Crippen molar-refractivity contribution < 1.29 is 90.8 Å². The van der Waals surface area contributed by atoms with Gasteiger partial charge in [-0.25, -0.2) is 39.1 Å².